The molecule has 33 heavy (non-hydrogen) atoms. The molecule has 2 amide bonds. The highest BCUT2D eigenvalue weighted by atomic mass is 19.4. The first-order chi connectivity index (χ1) is 15.2. The fraction of sp³-hybridized carbons (Fsp3) is 0.450. The SMILES string of the molecule is Cc1cc(C(C)NC(=O)c2ccc(OCC(F)(F)C(F)(F)F)nn2)cc(NC(=O)C(C)C)n1. The van der Waals surface area contributed by atoms with E-state index in [0.717, 1.165) is 12.1 Å². The van der Waals surface area contributed by atoms with Gasteiger partial charge in [-0.1, -0.05) is 13.8 Å². The van der Waals surface area contributed by atoms with Crippen LogP contribution in [0.2, 0.25) is 0 Å². The van der Waals surface area contributed by atoms with E-state index >= 15 is 0 Å². The van der Waals surface area contributed by atoms with Gasteiger partial charge in [0.1, 0.15) is 5.82 Å². The van der Waals surface area contributed by atoms with Crippen molar-refractivity contribution in [1.82, 2.24) is 20.5 Å². The van der Waals surface area contributed by atoms with Gasteiger partial charge in [0.15, 0.2) is 12.3 Å². The number of amides is 2. The van der Waals surface area contributed by atoms with E-state index in [1.807, 2.05) is 0 Å². The van der Waals surface area contributed by atoms with Crippen LogP contribution in [-0.4, -0.2) is 45.7 Å². The standard InChI is InChI=1S/C20H22F5N5O3/c1-10(2)17(31)28-15-8-13(7-11(3)26-15)12(4)27-18(32)14-5-6-16(30-29-14)33-9-19(21,22)20(23,24)25/h5-8,10,12H,9H2,1-4H3,(H,27,32)(H,26,28,31). The maximum Gasteiger partial charge on any atom is 0.456 e. The number of nitrogens with one attached hydrogen (secondary N) is 2. The lowest BCUT2D eigenvalue weighted by atomic mass is 10.1. The number of carbonyl (C=O) groups is 2. The monoisotopic (exact) mass is 475 g/mol. The molecule has 1 atom stereocenters. The van der Waals surface area contributed by atoms with Crippen molar-refractivity contribution in [3.8, 4) is 5.88 Å². The zero-order valence-electron chi connectivity index (χ0n) is 18.1. The van der Waals surface area contributed by atoms with Crippen LogP contribution in [0.5, 0.6) is 5.88 Å². The first kappa shape index (κ1) is 25.9. The molecule has 0 aromatic carbocycles. The topological polar surface area (TPSA) is 106 Å². The van der Waals surface area contributed by atoms with E-state index in [2.05, 4.69) is 30.6 Å². The van der Waals surface area contributed by atoms with Gasteiger partial charge in [-0.2, -0.15) is 22.0 Å². The molecule has 2 heterocycles. The lowest BCUT2D eigenvalue weighted by molar-refractivity contribution is -0.290. The predicted molar refractivity (Wildman–Crippen MR) is 107 cm³/mol. The van der Waals surface area contributed by atoms with Crippen molar-refractivity contribution in [2.45, 2.75) is 45.8 Å². The summed E-state index contributed by atoms with van der Waals surface area (Å²) in [5.41, 5.74) is 1.03. The third-order valence-electron chi connectivity index (χ3n) is 4.29. The summed E-state index contributed by atoms with van der Waals surface area (Å²) in [4.78, 5) is 28.5. The van der Waals surface area contributed by atoms with Crippen LogP contribution in [-0.2, 0) is 4.79 Å². The maximum absolute atomic E-state index is 12.9. The van der Waals surface area contributed by atoms with E-state index in [1.54, 1.807) is 39.8 Å². The fourth-order valence-corrected chi connectivity index (χ4v) is 2.40. The molecule has 13 heteroatoms. The van der Waals surface area contributed by atoms with Gasteiger partial charge in [-0.05, 0) is 37.6 Å². The molecule has 8 nitrogen and oxygen atoms in total. The van der Waals surface area contributed by atoms with Gasteiger partial charge < -0.3 is 15.4 Å². The highest BCUT2D eigenvalue weighted by Crippen LogP contribution is 2.35. The van der Waals surface area contributed by atoms with Gasteiger partial charge >= 0.3 is 12.1 Å². The van der Waals surface area contributed by atoms with Crippen LogP contribution in [0.3, 0.4) is 0 Å². The molecule has 2 aromatic heterocycles. The van der Waals surface area contributed by atoms with Crippen molar-refractivity contribution in [3.05, 3.63) is 41.2 Å². The molecule has 0 radical (unpaired) electrons. The Hall–Kier alpha value is -3.38. The molecule has 1 unspecified atom stereocenters. The van der Waals surface area contributed by atoms with Gasteiger partial charge in [0, 0.05) is 17.7 Å². The summed E-state index contributed by atoms with van der Waals surface area (Å²) in [5.74, 6) is -6.49. The van der Waals surface area contributed by atoms with Gasteiger partial charge in [0.2, 0.25) is 11.8 Å². The van der Waals surface area contributed by atoms with Crippen LogP contribution in [0.1, 0.15) is 48.6 Å². The molecule has 0 saturated heterocycles. The summed E-state index contributed by atoms with van der Waals surface area (Å²) in [6, 6.07) is 4.79. The van der Waals surface area contributed by atoms with E-state index in [4.69, 9.17) is 0 Å². The number of alkyl halides is 5. The van der Waals surface area contributed by atoms with E-state index in [1.165, 1.54) is 0 Å². The van der Waals surface area contributed by atoms with Crippen LogP contribution >= 0.6 is 0 Å². The Morgan fingerprint density at radius 1 is 1.06 bits per heavy atom. The van der Waals surface area contributed by atoms with Crippen molar-refractivity contribution in [2.75, 3.05) is 11.9 Å². The minimum Gasteiger partial charge on any atom is -0.470 e. The van der Waals surface area contributed by atoms with Gasteiger partial charge in [-0.25, -0.2) is 4.98 Å². The summed E-state index contributed by atoms with van der Waals surface area (Å²) >= 11 is 0. The molecule has 0 bridgehead atoms. The Kier molecular flexibility index (Phi) is 7.88. The first-order valence-electron chi connectivity index (χ1n) is 9.71. The van der Waals surface area contributed by atoms with Crippen LogP contribution in [0.15, 0.2) is 24.3 Å². The smallest absolute Gasteiger partial charge is 0.456 e. The molecule has 0 aliphatic heterocycles. The Balaban J connectivity index is 2.03. The third-order valence-corrected chi connectivity index (χ3v) is 4.29. The largest absolute Gasteiger partial charge is 0.470 e. The second-order valence-corrected chi connectivity index (χ2v) is 7.51. The van der Waals surface area contributed by atoms with E-state index in [0.29, 0.717) is 17.1 Å². The van der Waals surface area contributed by atoms with Crippen molar-refractivity contribution in [3.63, 3.8) is 0 Å². The molecular weight excluding hydrogens is 453 g/mol. The molecule has 2 aromatic rings. The van der Waals surface area contributed by atoms with E-state index < -0.39 is 36.5 Å². The zero-order chi connectivity index (χ0) is 25.0. The van der Waals surface area contributed by atoms with Crippen molar-refractivity contribution >= 4 is 17.6 Å². The summed E-state index contributed by atoms with van der Waals surface area (Å²) in [6.07, 6.45) is -5.76. The van der Waals surface area contributed by atoms with Crippen LogP contribution in [0, 0.1) is 12.8 Å². The molecule has 2 N–H and O–H groups in total. The minimum atomic E-state index is -5.76. The second kappa shape index (κ2) is 10.0. The molecule has 0 aliphatic rings. The number of halogens is 5. The lowest BCUT2D eigenvalue weighted by Gasteiger charge is -2.19. The van der Waals surface area contributed by atoms with Crippen LogP contribution < -0.4 is 15.4 Å². The quantitative estimate of drug-likeness (QED) is 0.562. The first-order valence-corrected chi connectivity index (χ1v) is 9.71. The van der Waals surface area contributed by atoms with Crippen molar-refractivity contribution in [2.24, 2.45) is 5.92 Å². The van der Waals surface area contributed by atoms with E-state index in [-0.39, 0.29) is 17.5 Å². The Morgan fingerprint density at radius 2 is 1.73 bits per heavy atom. The molecule has 2 rings (SSSR count). The van der Waals surface area contributed by atoms with Gasteiger partial charge in [-0.15, -0.1) is 10.2 Å². The maximum atomic E-state index is 12.9. The lowest BCUT2D eigenvalue weighted by Crippen LogP contribution is -2.41. The second-order valence-electron chi connectivity index (χ2n) is 7.51. The Bertz CT molecular complexity index is 997. The summed E-state index contributed by atoms with van der Waals surface area (Å²) in [6.45, 7) is 4.88. The Labute approximate surface area is 185 Å². The van der Waals surface area contributed by atoms with Gasteiger partial charge in [0.25, 0.3) is 5.91 Å². The van der Waals surface area contributed by atoms with Crippen molar-refractivity contribution < 1.29 is 36.3 Å². The summed E-state index contributed by atoms with van der Waals surface area (Å²) < 4.78 is 66.7. The Morgan fingerprint density at radius 3 is 2.27 bits per heavy atom. The summed E-state index contributed by atoms with van der Waals surface area (Å²) in [7, 11) is 0. The number of ether oxygens (including phenoxy) is 1. The number of anilines is 1. The molecule has 0 saturated carbocycles. The predicted octanol–water partition coefficient (Wildman–Crippen LogP) is 3.84. The number of rotatable bonds is 8. The normalized spacial score (nSPS) is 12.9. The third kappa shape index (κ3) is 7.05. The highest BCUT2D eigenvalue weighted by Gasteiger charge is 2.58. The highest BCUT2D eigenvalue weighted by molar-refractivity contribution is 5.92. The zero-order valence-corrected chi connectivity index (χ0v) is 18.1. The fourth-order valence-electron chi connectivity index (χ4n) is 2.40. The van der Waals surface area contributed by atoms with E-state index in [9.17, 15) is 31.5 Å². The number of hydrogen-bond donors (Lipinski definition) is 2. The number of aryl methyl sites for hydroxylation is 1. The van der Waals surface area contributed by atoms with Gasteiger partial charge in [0.05, 0.1) is 6.04 Å². The molecule has 0 fully saturated rings. The average Bonchev–Trinajstić information content (AvgIpc) is 2.71. The number of aromatic nitrogens is 3. The van der Waals surface area contributed by atoms with Crippen LogP contribution in [0.4, 0.5) is 27.8 Å². The molecule has 180 valence electrons. The number of nitrogens with zero attached hydrogens (tertiary/aromatic N) is 3. The molecule has 0 aliphatic carbocycles. The molecular formula is C20H22F5N5O3. The summed E-state index contributed by atoms with van der Waals surface area (Å²) in [5, 5.41) is 12.2. The number of hydrogen-bond acceptors (Lipinski definition) is 6. The average molecular weight is 475 g/mol. The minimum absolute atomic E-state index is 0.212. The van der Waals surface area contributed by atoms with Gasteiger partial charge in [-0.3, -0.25) is 9.59 Å². The molecule has 0 spiro atoms. The number of pyridine rings is 1. The van der Waals surface area contributed by atoms with Crippen molar-refractivity contribution in [1.29, 1.82) is 0 Å². The number of carbonyl (C=O) groups excluding carboxylic acids is 2. The van der Waals surface area contributed by atoms with Crippen LogP contribution in [0.25, 0.3) is 0 Å².